The molecule has 2 aromatic carbocycles. The van der Waals surface area contributed by atoms with Gasteiger partial charge in [-0.1, -0.05) is 140 Å². The lowest BCUT2D eigenvalue weighted by Gasteiger charge is -2.30. The van der Waals surface area contributed by atoms with Crippen molar-refractivity contribution in [1.82, 2.24) is 4.90 Å². The van der Waals surface area contributed by atoms with Crippen LogP contribution in [0.1, 0.15) is 168 Å². The number of benzene rings is 2. The standard InChI is InChI=1S/C41H66N2O4/c1-14-15-16-17-18-33(42)43(34(44)21-19-27-23-29(38(2,3)4)36(46)30(24-27)39(5,6)7)35(45)22-20-28-25-31(40(8,9)10)37(47)32(26-28)41(11,12)13/h23-26,33,46-47H,14-22,42H2,1-13H3. The summed E-state index contributed by atoms with van der Waals surface area (Å²) in [7, 11) is 0. The molecule has 0 spiro atoms. The predicted molar refractivity (Wildman–Crippen MR) is 196 cm³/mol. The van der Waals surface area contributed by atoms with E-state index in [1.54, 1.807) is 0 Å². The average molecular weight is 651 g/mol. The van der Waals surface area contributed by atoms with Crippen molar-refractivity contribution in [2.24, 2.45) is 5.73 Å². The maximum absolute atomic E-state index is 13.9. The largest absolute Gasteiger partial charge is 0.507 e. The molecule has 0 saturated heterocycles. The van der Waals surface area contributed by atoms with E-state index in [0.29, 0.717) is 30.8 Å². The lowest BCUT2D eigenvalue weighted by molar-refractivity contribution is -0.147. The van der Waals surface area contributed by atoms with Crippen molar-refractivity contribution < 1.29 is 19.8 Å². The second-order valence-electron chi connectivity index (χ2n) is 17.7. The van der Waals surface area contributed by atoms with E-state index in [-0.39, 0.29) is 46.3 Å². The summed E-state index contributed by atoms with van der Waals surface area (Å²) >= 11 is 0. The predicted octanol–water partition coefficient (Wildman–Crippen LogP) is 9.46. The summed E-state index contributed by atoms with van der Waals surface area (Å²) in [6, 6.07) is 8.00. The Morgan fingerprint density at radius 3 is 1.21 bits per heavy atom. The highest BCUT2D eigenvalue weighted by molar-refractivity contribution is 5.95. The number of hydrogen-bond donors (Lipinski definition) is 3. The van der Waals surface area contributed by atoms with Crippen molar-refractivity contribution in [2.45, 2.75) is 176 Å². The highest BCUT2D eigenvalue weighted by Gasteiger charge is 2.30. The van der Waals surface area contributed by atoms with Gasteiger partial charge >= 0.3 is 0 Å². The molecule has 2 aromatic rings. The highest BCUT2D eigenvalue weighted by Crippen LogP contribution is 2.41. The third-order valence-electron chi connectivity index (χ3n) is 9.05. The number of carbonyl (C=O) groups excluding carboxylic acids is 2. The number of nitrogens with two attached hydrogens (primary N) is 1. The molecule has 0 fully saturated rings. The molecule has 4 N–H and O–H groups in total. The zero-order valence-electron chi connectivity index (χ0n) is 32.0. The Hall–Kier alpha value is -2.86. The number of amides is 2. The monoisotopic (exact) mass is 651 g/mol. The van der Waals surface area contributed by atoms with Crippen molar-refractivity contribution in [2.75, 3.05) is 0 Å². The quantitative estimate of drug-likeness (QED) is 0.157. The zero-order chi connectivity index (χ0) is 36.1. The molecule has 0 aliphatic heterocycles. The SMILES string of the molecule is CCCCCCC(N)N(C(=O)CCc1cc(C(C)(C)C)c(O)c(C(C)(C)C)c1)C(=O)CCc1cc(C(C)(C)C)c(O)c(C(C)(C)C)c1. The molecular weight excluding hydrogens is 584 g/mol. The summed E-state index contributed by atoms with van der Waals surface area (Å²) in [4.78, 5) is 29.1. The Morgan fingerprint density at radius 1 is 0.617 bits per heavy atom. The topological polar surface area (TPSA) is 104 Å². The first-order valence-corrected chi connectivity index (χ1v) is 17.7. The molecule has 0 bridgehead atoms. The minimum atomic E-state index is -0.683. The van der Waals surface area contributed by atoms with Crippen LogP contribution in [0.5, 0.6) is 11.5 Å². The normalized spacial score (nSPS) is 13.5. The second-order valence-corrected chi connectivity index (χ2v) is 17.7. The molecule has 2 amide bonds. The number of phenols is 2. The fourth-order valence-electron chi connectivity index (χ4n) is 6.13. The second kappa shape index (κ2) is 15.6. The number of phenolic OH excluding ortho intramolecular Hbond substituents is 2. The summed E-state index contributed by atoms with van der Waals surface area (Å²) < 4.78 is 0. The van der Waals surface area contributed by atoms with E-state index >= 15 is 0 Å². The summed E-state index contributed by atoms with van der Waals surface area (Å²) in [5.41, 5.74) is 10.8. The maximum atomic E-state index is 13.9. The molecule has 2 rings (SSSR count). The molecule has 1 atom stereocenters. The van der Waals surface area contributed by atoms with Gasteiger partial charge < -0.3 is 15.9 Å². The van der Waals surface area contributed by atoms with E-state index in [2.05, 4.69) is 90.0 Å². The summed E-state index contributed by atoms with van der Waals surface area (Å²) in [6.45, 7) is 27.0. The number of carbonyl (C=O) groups is 2. The molecule has 1 unspecified atom stereocenters. The Kier molecular flexibility index (Phi) is 13.4. The Bertz CT molecular complexity index is 1210. The van der Waals surface area contributed by atoms with Gasteiger partial charge in [-0.3, -0.25) is 14.5 Å². The van der Waals surface area contributed by atoms with Crippen LogP contribution in [-0.2, 0) is 44.1 Å². The van der Waals surface area contributed by atoms with Crippen LogP contribution in [-0.4, -0.2) is 33.1 Å². The molecule has 47 heavy (non-hydrogen) atoms. The van der Waals surface area contributed by atoms with Crippen molar-refractivity contribution in [3.8, 4) is 11.5 Å². The van der Waals surface area contributed by atoms with Gasteiger partial charge in [0.25, 0.3) is 0 Å². The number of aryl methyl sites for hydroxylation is 2. The summed E-state index contributed by atoms with van der Waals surface area (Å²) in [5.74, 6) is 0.0863. The lowest BCUT2D eigenvalue weighted by Crippen LogP contribution is -2.49. The van der Waals surface area contributed by atoms with E-state index in [9.17, 15) is 19.8 Å². The van der Waals surface area contributed by atoms with E-state index in [4.69, 9.17) is 5.73 Å². The highest BCUT2D eigenvalue weighted by atomic mass is 16.3. The van der Waals surface area contributed by atoms with E-state index in [1.165, 1.54) is 4.90 Å². The van der Waals surface area contributed by atoms with Crippen LogP contribution in [0.25, 0.3) is 0 Å². The Balaban J connectivity index is 2.40. The van der Waals surface area contributed by atoms with Gasteiger partial charge in [-0.25, -0.2) is 0 Å². The molecule has 0 radical (unpaired) electrons. The van der Waals surface area contributed by atoms with Gasteiger partial charge in [-0.15, -0.1) is 0 Å². The number of hydrogen-bond acceptors (Lipinski definition) is 5. The third kappa shape index (κ3) is 11.1. The van der Waals surface area contributed by atoms with Crippen molar-refractivity contribution in [3.63, 3.8) is 0 Å². The van der Waals surface area contributed by atoms with Gasteiger partial charge in [0.05, 0.1) is 6.17 Å². The van der Waals surface area contributed by atoms with Crippen LogP contribution in [0.4, 0.5) is 0 Å². The molecule has 0 heterocycles. The van der Waals surface area contributed by atoms with Crippen LogP contribution in [0.15, 0.2) is 24.3 Å². The molecule has 0 aliphatic carbocycles. The first-order chi connectivity index (χ1) is 21.4. The fourth-order valence-corrected chi connectivity index (χ4v) is 6.13. The molecule has 264 valence electrons. The molecule has 0 aromatic heterocycles. The fraction of sp³-hybridized carbons (Fsp3) is 0.659. The number of rotatable bonds is 12. The molecular formula is C41H66N2O4. The van der Waals surface area contributed by atoms with Crippen molar-refractivity contribution in [1.29, 1.82) is 0 Å². The summed E-state index contributed by atoms with van der Waals surface area (Å²) in [5, 5.41) is 22.3. The van der Waals surface area contributed by atoms with Crippen molar-refractivity contribution >= 4 is 11.8 Å². The zero-order valence-corrected chi connectivity index (χ0v) is 32.0. The first kappa shape index (κ1) is 40.3. The Morgan fingerprint density at radius 2 is 0.936 bits per heavy atom. The van der Waals surface area contributed by atoms with Gasteiger partial charge in [-0.2, -0.15) is 0 Å². The lowest BCUT2D eigenvalue weighted by atomic mass is 9.78. The van der Waals surface area contributed by atoms with Gasteiger partial charge in [0.1, 0.15) is 11.5 Å². The molecule has 0 aliphatic rings. The molecule has 6 nitrogen and oxygen atoms in total. The number of aromatic hydroxyl groups is 2. The van der Waals surface area contributed by atoms with E-state index in [0.717, 1.165) is 59.1 Å². The summed E-state index contributed by atoms with van der Waals surface area (Å²) in [6.07, 6.45) is 5.12. The minimum absolute atomic E-state index is 0.147. The number of unbranched alkanes of at least 4 members (excludes halogenated alkanes) is 3. The Labute approximate surface area is 286 Å². The van der Waals surface area contributed by atoms with Crippen LogP contribution in [0.3, 0.4) is 0 Å². The number of nitrogens with zero attached hydrogens (tertiary/aromatic N) is 1. The van der Waals surface area contributed by atoms with Gasteiger partial charge in [0.15, 0.2) is 0 Å². The van der Waals surface area contributed by atoms with Gasteiger partial charge in [-0.05, 0) is 74.3 Å². The smallest absolute Gasteiger partial charge is 0.230 e. The van der Waals surface area contributed by atoms with E-state index < -0.39 is 6.17 Å². The molecule has 6 heteroatoms. The average Bonchev–Trinajstić information content (AvgIpc) is 2.91. The van der Waals surface area contributed by atoms with Crippen molar-refractivity contribution in [3.05, 3.63) is 57.6 Å². The van der Waals surface area contributed by atoms with Gasteiger partial charge in [0, 0.05) is 12.8 Å². The van der Waals surface area contributed by atoms with Crippen LogP contribution in [0, 0.1) is 0 Å². The number of imide groups is 1. The first-order valence-electron chi connectivity index (χ1n) is 17.7. The third-order valence-corrected chi connectivity index (χ3v) is 9.05. The van der Waals surface area contributed by atoms with E-state index in [1.807, 2.05) is 24.3 Å². The maximum Gasteiger partial charge on any atom is 0.230 e. The van der Waals surface area contributed by atoms with Gasteiger partial charge in [0.2, 0.25) is 11.8 Å². The van der Waals surface area contributed by atoms with Crippen LogP contribution in [0.2, 0.25) is 0 Å². The van der Waals surface area contributed by atoms with Crippen LogP contribution >= 0.6 is 0 Å². The van der Waals surface area contributed by atoms with Crippen LogP contribution < -0.4 is 5.73 Å². The minimum Gasteiger partial charge on any atom is -0.507 e. The molecule has 0 saturated carbocycles.